The van der Waals surface area contributed by atoms with E-state index in [9.17, 15) is 9.50 Å². The molecule has 0 radical (unpaired) electrons. The maximum absolute atomic E-state index is 14.0. The first-order chi connectivity index (χ1) is 15.6. The Morgan fingerprint density at radius 3 is 2.56 bits per heavy atom. The molecule has 0 spiro atoms. The lowest BCUT2D eigenvalue weighted by Gasteiger charge is -2.35. The number of rotatable bonds is 9. The Morgan fingerprint density at radius 2 is 1.84 bits per heavy atom. The van der Waals surface area contributed by atoms with Gasteiger partial charge in [-0.1, -0.05) is 30.3 Å². The van der Waals surface area contributed by atoms with E-state index in [1.54, 1.807) is 25.3 Å². The van der Waals surface area contributed by atoms with Gasteiger partial charge in [-0.15, -0.1) is 0 Å². The number of hydrogen-bond acceptors (Lipinski definition) is 5. The largest absolute Gasteiger partial charge is 0.504 e. The van der Waals surface area contributed by atoms with Gasteiger partial charge in [-0.25, -0.2) is 4.39 Å². The molecule has 32 heavy (non-hydrogen) atoms. The van der Waals surface area contributed by atoms with E-state index >= 15 is 0 Å². The van der Waals surface area contributed by atoms with E-state index in [-0.39, 0.29) is 17.7 Å². The van der Waals surface area contributed by atoms with Crippen molar-refractivity contribution in [3.8, 4) is 11.5 Å². The molecule has 2 aliphatic heterocycles. The number of likely N-dealkylation sites (tertiary alicyclic amines) is 1. The molecule has 2 aromatic carbocycles. The molecule has 6 heteroatoms. The van der Waals surface area contributed by atoms with Crippen molar-refractivity contribution in [2.75, 3.05) is 39.9 Å². The fourth-order valence-corrected chi connectivity index (χ4v) is 4.94. The van der Waals surface area contributed by atoms with Crippen LogP contribution in [0.25, 0.3) is 0 Å². The van der Waals surface area contributed by atoms with E-state index in [1.165, 1.54) is 0 Å². The highest BCUT2D eigenvalue weighted by molar-refractivity contribution is 5.45. The molecule has 1 atom stereocenters. The van der Waals surface area contributed by atoms with E-state index in [0.717, 1.165) is 69.6 Å². The molecule has 2 fully saturated rings. The Balaban J connectivity index is 1.35. The summed E-state index contributed by atoms with van der Waals surface area (Å²) < 4.78 is 25.2. The third-order valence-electron chi connectivity index (χ3n) is 6.76. The molecule has 5 nitrogen and oxygen atoms in total. The zero-order chi connectivity index (χ0) is 22.3. The van der Waals surface area contributed by atoms with Crippen molar-refractivity contribution in [2.24, 2.45) is 5.92 Å². The van der Waals surface area contributed by atoms with Crippen LogP contribution >= 0.6 is 0 Å². The lowest BCUT2D eigenvalue weighted by atomic mass is 9.95. The summed E-state index contributed by atoms with van der Waals surface area (Å²) in [4.78, 5) is 4.79. The van der Waals surface area contributed by atoms with Gasteiger partial charge in [0.25, 0.3) is 0 Å². The quantitative estimate of drug-likeness (QED) is 0.622. The summed E-state index contributed by atoms with van der Waals surface area (Å²) in [6.45, 7) is 6.02. The number of piperidine rings is 1. The zero-order valence-electron chi connectivity index (χ0n) is 19.0. The first kappa shape index (κ1) is 23.0. The van der Waals surface area contributed by atoms with Gasteiger partial charge in [-0.05, 0) is 56.8 Å². The Hall–Kier alpha value is -2.15. The Kier molecular flexibility index (Phi) is 8.00. The Bertz CT molecular complexity index is 864. The molecule has 1 unspecified atom stereocenters. The van der Waals surface area contributed by atoms with E-state index in [4.69, 9.17) is 9.47 Å². The number of aromatic hydroxyl groups is 1. The minimum absolute atomic E-state index is 0.115. The number of nitrogens with zero attached hydrogens (tertiary/aromatic N) is 2. The minimum atomic E-state index is -0.115. The van der Waals surface area contributed by atoms with Crippen LogP contribution in [0.4, 0.5) is 4.39 Å². The standard InChI is InChI=1S/C26H35FN2O3/c1-31-25-10-4-7-22(26(25)30)18-29(19-23-8-5-15-32-23)16-20-11-13-28(14-12-20)17-21-6-2-3-9-24(21)27/h2-4,6-7,9-10,20,23,30H,5,8,11-19H2,1H3. The summed E-state index contributed by atoms with van der Waals surface area (Å²) in [5.41, 5.74) is 1.67. The molecule has 2 aliphatic rings. The van der Waals surface area contributed by atoms with Crippen molar-refractivity contribution < 1.29 is 19.0 Å². The fourth-order valence-electron chi connectivity index (χ4n) is 4.94. The summed E-state index contributed by atoms with van der Waals surface area (Å²) in [7, 11) is 1.58. The van der Waals surface area contributed by atoms with Crippen molar-refractivity contribution >= 4 is 0 Å². The maximum atomic E-state index is 14.0. The summed E-state index contributed by atoms with van der Waals surface area (Å²) in [5.74, 6) is 1.21. The minimum Gasteiger partial charge on any atom is -0.504 e. The molecule has 2 heterocycles. The van der Waals surface area contributed by atoms with Gasteiger partial charge in [0, 0.05) is 43.9 Å². The first-order valence-corrected chi connectivity index (χ1v) is 11.8. The molecule has 0 amide bonds. The van der Waals surface area contributed by atoms with Crippen molar-refractivity contribution in [3.63, 3.8) is 0 Å². The van der Waals surface area contributed by atoms with E-state index in [0.29, 0.717) is 24.8 Å². The van der Waals surface area contributed by atoms with Crippen LogP contribution in [0.1, 0.15) is 36.8 Å². The molecule has 1 N–H and O–H groups in total. The van der Waals surface area contributed by atoms with E-state index in [2.05, 4.69) is 9.80 Å². The second-order valence-corrected chi connectivity index (χ2v) is 9.11. The average Bonchev–Trinajstić information content (AvgIpc) is 3.31. The van der Waals surface area contributed by atoms with Gasteiger partial charge in [0.05, 0.1) is 13.2 Å². The van der Waals surface area contributed by atoms with Gasteiger partial charge in [0.2, 0.25) is 0 Å². The van der Waals surface area contributed by atoms with Crippen LogP contribution < -0.4 is 4.74 Å². The SMILES string of the molecule is COc1cccc(CN(CC2CCN(Cc3ccccc3F)CC2)CC2CCCO2)c1O. The summed E-state index contributed by atoms with van der Waals surface area (Å²) in [6.07, 6.45) is 4.68. The number of para-hydroxylation sites is 1. The number of ether oxygens (including phenoxy) is 2. The lowest BCUT2D eigenvalue weighted by Crippen LogP contribution is -2.40. The predicted molar refractivity (Wildman–Crippen MR) is 123 cm³/mol. The van der Waals surface area contributed by atoms with Gasteiger partial charge in [0.1, 0.15) is 5.82 Å². The van der Waals surface area contributed by atoms with Crippen LogP contribution in [0.15, 0.2) is 42.5 Å². The molecule has 174 valence electrons. The normalized spacial score (nSPS) is 20.2. The molecule has 0 aromatic heterocycles. The first-order valence-electron chi connectivity index (χ1n) is 11.8. The number of phenols is 1. The van der Waals surface area contributed by atoms with Gasteiger partial charge in [0.15, 0.2) is 11.5 Å². The van der Waals surface area contributed by atoms with Crippen LogP contribution in [0.3, 0.4) is 0 Å². The number of methoxy groups -OCH3 is 1. The number of halogens is 1. The molecule has 0 aliphatic carbocycles. The van der Waals surface area contributed by atoms with Crippen molar-refractivity contribution in [2.45, 2.75) is 44.9 Å². The highest BCUT2D eigenvalue weighted by Crippen LogP contribution is 2.31. The van der Waals surface area contributed by atoms with Crippen molar-refractivity contribution in [1.82, 2.24) is 9.80 Å². The molecule has 0 bridgehead atoms. The monoisotopic (exact) mass is 442 g/mol. The van der Waals surface area contributed by atoms with E-state index < -0.39 is 0 Å². The van der Waals surface area contributed by atoms with Gasteiger partial charge >= 0.3 is 0 Å². The highest BCUT2D eigenvalue weighted by atomic mass is 19.1. The lowest BCUT2D eigenvalue weighted by molar-refractivity contribution is 0.0566. The molecular formula is C26H35FN2O3. The molecule has 4 rings (SSSR count). The van der Waals surface area contributed by atoms with E-state index in [1.807, 2.05) is 24.3 Å². The van der Waals surface area contributed by atoms with Gasteiger partial charge < -0.3 is 14.6 Å². The number of benzene rings is 2. The number of phenolic OH excluding ortho intramolecular Hbond substituents is 1. The number of hydrogen-bond donors (Lipinski definition) is 1. The summed E-state index contributed by atoms with van der Waals surface area (Å²) >= 11 is 0. The average molecular weight is 443 g/mol. The molecule has 2 aromatic rings. The topological polar surface area (TPSA) is 45.2 Å². The summed E-state index contributed by atoms with van der Waals surface area (Å²) in [6, 6.07) is 12.8. The second kappa shape index (κ2) is 11.1. The third kappa shape index (κ3) is 6.00. The van der Waals surface area contributed by atoms with Crippen LogP contribution in [-0.2, 0) is 17.8 Å². The third-order valence-corrected chi connectivity index (χ3v) is 6.76. The van der Waals surface area contributed by atoms with Crippen molar-refractivity contribution in [1.29, 1.82) is 0 Å². The van der Waals surface area contributed by atoms with Crippen LogP contribution in [0.5, 0.6) is 11.5 Å². The molecule has 0 saturated carbocycles. The fraction of sp³-hybridized carbons (Fsp3) is 0.538. The smallest absolute Gasteiger partial charge is 0.162 e. The Morgan fingerprint density at radius 1 is 1.06 bits per heavy atom. The summed E-state index contributed by atoms with van der Waals surface area (Å²) in [5, 5.41) is 10.6. The predicted octanol–water partition coefficient (Wildman–Crippen LogP) is 4.43. The second-order valence-electron chi connectivity index (χ2n) is 9.11. The molecular weight excluding hydrogens is 407 g/mol. The van der Waals surface area contributed by atoms with Gasteiger partial charge in [-0.2, -0.15) is 0 Å². The molecule has 2 saturated heterocycles. The Labute approximate surface area is 190 Å². The van der Waals surface area contributed by atoms with Crippen molar-refractivity contribution in [3.05, 3.63) is 59.4 Å². The maximum Gasteiger partial charge on any atom is 0.162 e. The van der Waals surface area contributed by atoms with Crippen LogP contribution in [0, 0.1) is 11.7 Å². The highest BCUT2D eigenvalue weighted by Gasteiger charge is 2.26. The van der Waals surface area contributed by atoms with Crippen LogP contribution in [0.2, 0.25) is 0 Å². The van der Waals surface area contributed by atoms with Gasteiger partial charge in [-0.3, -0.25) is 9.80 Å². The zero-order valence-corrected chi connectivity index (χ0v) is 19.0. The van der Waals surface area contributed by atoms with Crippen LogP contribution in [-0.4, -0.2) is 60.9 Å².